The Balaban J connectivity index is 2.13. The minimum absolute atomic E-state index is 0.158. The van der Waals surface area contributed by atoms with E-state index in [0.29, 0.717) is 5.82 Å². The van der Waals surface area contributed by atoms with Gasteiger partial charge in [-0.2, -0.15) is 0 Å². The first kappa shape index (κ1) is 16.4. The summed E-state index contributed by atoms with van der Waals surface area (Å²) < 4.78 is 0. The van der Waals surface area contributed by atoms with Gasteiger partial charge in [-0.15, -0.1) is 11.3 Å². The van der Waals surface area contributed by atoms with Crippen molar-refractivity contribution in [3.05, 3.63) is 41.8 Å². The van der Waals surface area contributed by atoms with Crippen LogP contribution in [-0.2, 0) is 4.79 Å². The smallest absolute Gasteiger partial charge is 0.236 e. The molecule has 0 radical (unpaired) electrons. The third-order valence-electron chi connectivity index (χ3n) is 3.75. The zero-order valence-corrected chi connectivity index (χ0v) is 14.4. The average Bonchev–Trinajstić information content (AvgIpc) is 3.12. The van der Waals surface area contributed by atoms with Crippen LogP contribution >= 0.6 is 11.3 Å². The summed E-state index contributed by atoms with van der Waals surface area (Å²) in [5, 5.41) is 2.95. The SMILES string of the molecule is CCCCN(CC(N)=O)c1nc(-c2cccs2)nc2ccccc12. The van der Waals surface area contributed by atoms with E-state index in [0.717, 1.165) is 41.0 Å². The highest BCUT2D eigenvalue weighted by atomic mass is 32.1. The van der Waals surface area contributed by atoms with E-state index in [1.54, 1.807) is 11.3 Å². The Kier molecular flexibility index (Phi) is 5.05. The molecular formula is C18H20N4OS. The van der Waals surface area contributed by atoms with Gasteiger partial charge in [0.1, 0.15) is 5.82 Å². The van der Waals surface area contributed by atoms with Crippen molar-refractivity contribution in [2.24, 2.45) is 5.73 Å². The molecule has 124 valence electrons. The summed E-state index contributed by atoms with van der Waals surface area (Å²) in [6, 6.07) is 11.9. The predicted octanol–water partition coefficient (Wildman–Crippen LogP) is 3.45. The van der Waals surface area contributed by atoms with Crippen molar-refractivity contribution >= 4 is 34.0 Å². The van der Waals surface area contributed by atoms with Gasteiger partial charge in [-0.25, -0.2) is 9.97 Å². The Morgan fingerprint density at radius 3 is 2.75 bits per heavy atom. The largest absolute Gasteiger partial charge is 0.368 e. The van der Waals surface area contributed by atoms with Crippen LogP contribution in [0.4, 0.5) is 5.82 Å². The topological polar surface area (TPSA) is 72.1 Å². The van der Waals surface area contributed by atoms with Crippen molar-refractivity contribution in [1.29, 1.82) is 0 Å². The third-order valence-corrected chi connectivity index (χ3v) is 4.62. The van der Waals surface area contributed by atoms with Gasteiger partial charge in [0.05, 0.1) is 16.9 Å². The molecule has 3 rings (SSSR count). The molecule has 0 atom stereocenters. The second-order valence-corrected chi connectivity index (χ2v) is 6.55. The molecule has 1 aromatic carbocycles. The van der Waals surface area contributed by atoms with Gasteiger partial charge in [0.25, 0.3) is 0 Å². The molecule has 1 amide bonds. The van der Waals surface area contributed by atoms with Crippen molar-refractivity contribution in [2.45, 2.75) is 19.8 Å². The molecule has 0 aliphatic rings. The van der Waals surface area contributed by atoms with E-state index in [1.165, 1.54) is 0 Å². The first-order chi connectivity index (χ1) is 11.7. The van der Waals surface area contributed by atoms with Gasteiger partial charge >= 0.3 is 0 Å². The van der Waals surface area contributed by atoms with Crippen LogP contribution in [0.15, 0.2) is 41.8 Å². The Morgan fingerprint density at radius 1 is 1.21 bits per heavy atom. The minimum atomic E-state index is -0.355. The summed E-state index contributed by atoms with van der Waals surface area (Å²) >= 11 is 1.60. The van der Waals surface area contributed by atoms with Crippen LogP contribution < -0.4 is 10.6 Å². The number of aromatic nitrogens is 2. The van der Waals surface area contributed by atoms with Crippen molar-refractivity contribution in [3.63, 3.8) is 0 Å². The number of carbonyl (C=O) groups is 1. The summed E-state index contributed by atoms with van der Waals surface area (Å²) in [7, 11) is 0. The van der Waals surface area contributed by atoms with E-state index >= 15 is 0 Å². The number of hydrogen-bond acceptors (Lipinski definition) is 5. The Labute approximate surface area is 145 Å². The first-order valence-electron chi connectivity index (χ1n) is 8.03. The molecule has 24 heavy (non-hydrogen) atoms. The normalized spacial score (nSPS) is 10.9. The number of nitrogens with zero attached hydrogens (tertiary/aromatic N) is 3. The fourth-order valence-electron chi connectivity index (χ4n) is 2.61. The van der Waals surface area contributed by atoms with E-state index in [4.69, 9.17) is 10.7 Å². The highest BCUT2D eigenvalue weighted by Crippen LogP contribution is 2.29. The minimum Gasteiger partial charge on any atom is -0.368 e. The maximum absolute atomic E-state index is 11.5. The fourth-order valence-corrected chi connectivity index (χ4v) is 3.27. The van der Waals surface area contributed by atoms with Gasteiger partial charge in [0, 0.05) is 11.9 Å². The average molecular weight is 340 g/mol. The Hall–Kier alpha value is -2.47. The molecular weight excluding hydrogens is 320 g/mol. The van der Waals surface area contributed by atoms with Gasteiger partial charge in [-0.3, -0.25) is 4.79 Å². The Bertz CT molecular complexity index is 832. The first-order valence-corrected chi connectivity index (χ1v) is 8.91. The molecule has 6 heteroatoms. The predicted molar refractivity (Wildman–Crippen MR) is 99.2 cm³/mol. The second kappa shape index (κ2) is 7.40. The van der Waals surface area contributed by atoms with Crippen LogP contribution in [0.1, 0.15) is 19.8 Å². The van der Waals surface area contributed by atoms with Gasteiger partial charge in [-0.05, 0) is 30.0 Å². The number of thiophene rings is 1. The molecule has 0 unspecified atom stereocenters. The molecule has 2 aromatic heterocycles. The highest BCUT2D eigenvalue weighted by molar-refractivity contribution is 7.13. The van der Waals surface area contributed by atoms with Crippen LogP contribution in [0, 0.1) is 0 Å². The van der Waals surface area contributed by atoms with Gasteiger partial charge in [0.15, 0.2) is 5.82 Å². The molecule has 0 aliphatic carbocycles. The van der Waals surface area contributed by atoms with E-state index in [-0.39, 0.29) is 12.5 Å². The van der Waals surface area contributed by atoms with Crippen LogP contribution in [-0.4, -0.2) is 29.0 Å². The lowest BCUT2D eigenvalue weighted by molar-refractivity contribution is -0.116. The molecule has 0 fully saturated rings. The van der Waals surface area contributed by atoms with Crippen molar-refractivity contribution in [3.8, 4) is 10.7 Å². The molecule has 0 saturated carbocycles. The maximum Gasteiger partial charge on any atom is 0.236 e. The number of carbonyl (C=O) groups excluding carboxylic acids is 1. The molecule has 2 heterocycles. The van der Waals surface area contributed by atoms with Crippen molar-refractivity contribution in [2.75, 3.05) is 18.0 Å². The number of anilines is 1. The van der Waals surface area contributed by atoms with Crippen LogP contribution in [0.3, 0.4) is 0 Å². The number of amides is 1. The van der Waals surface area contributed by atoms with Gasteiger partial charge < -0.3 is 10.6 Å². The van der Waals surface area contributed by atoms with Gasteiger partial charge in [0.2, 0.25) is 5.91 Å². The summed E-state index contributed by atoms with van der Waals surface area (Å²) in [6.45, 7) is 3.02. The van der Waals surface area contributed by atoms with E-state index in [2.05, 4.69) is 11.9 Å². The van der Waals surface area contributed by atoms with Crippen molar-refractivity contribution in [1.82, 2.24) is 9.97 Å². The summed E-state index contributed by atoms with van der Waals surface area (Å²) in [5.74, 6) is 1.10. The number of fused-ring (bicyclic) bond motifs is 1. The zero-order valence-electron chi connectivity index (χ0n) is 13.6. The monoisotopic (exact) mass is 340 g/mol. The maximum atomic E-state index is 11.5. The molecule has 0 bridgehead atoms. The number of benzene rings is 1. The number of hydrogen-bond donors (Lipinski definition) is 1. The van der Waals surface area contributed by atoms with E-state index in [9.17, 15) is 4.79 Å². The zero-order chi connectivity index (χ0) is 16.9. The standard InChI is InChI=1S/C18H20N4OS/c1-2-3-10-22(12-16(19)23)18-13-7-4-5-8-14(13)20-17(21-18)15-9-6-11-24-15/h4-9,11H,2-3,10,12H2,1H3,(H2,19,23). The summed E-state index contributed by atoms with van der Waals surface area (Å²) in [4.78, 5) is 24.0. The van der Waals surface area contributed by atoms with Crippen LogP contribution in [0.2, 0.25) is 0 Å². The lowest BCUT2D eigenvalue weighted by Gasteiger charge is -2.23. The third kappa shape index (κ3) is 3.54. The van der Waals surface area contributed by atoms with Crippen molar-refractivity contribution < 1.29 is 4.79 Å². The summed E-state index contributed by atoms with van der Waals surface area (Å²) in [6.07, 6.45) is 2.01. The molecule has 0 saturated heterocycles. The molecule has 0 spiro atoms. The molecule has 2 N–H and O–H groups in total. The highest BCUT2D eigenvalue weighted by Gasteiger charge is 2.17. The number of unbranched alkanes of at least 4 members (excludes halogenated alkanes) is 1. The number of rotatable bonds is 7. The quantitative estimate of drug-likeness (QED) is 0.715. The fraction of sp³-hybridized carbons (Fsp3) is 0.278. The van der Waals surface area contributed by atoms with Gasteiger partial charge in [-0.1, -0.05) is 31.5 Å². The summed E-state index contributed by atoms with van der Waals surface area (Å²) in [5.41, 5.74) is 6.33. The molecule has 5 nitrogen and oxygen atoms in total. The van der Waals surface area contributed by atoms with E-state index < -0.39 is 0 Å². The number of nitrogens with two attached hydrogens (primary N) is 1. The van der Waals surface area contributed by atoms with Crippen LogP contribution in [0.25, 0.3) is 21.6 Å². The lowest BCUT2D eigenvalue weighted by Crippen LogP contribution is -2.35. The lowest BCUT2D eigenvalue weighted by atomic mass is 10.2. The number of primary amides is 1. The Morgan fingerprint density at radius 2 is 2.04 bits per heavy atom. The molecule has 3 aromatic rings. The van der Waals surface area contributed by atoms with Crippen LogP contribution in [0.5, 0.6) is 0 Å². The van der Waals surface area contributed by atoms with E-state index in [1.807, 2.05) is 46.7 Å². The molecule has 0 aliphatic heterocycles. The number of para-hydroxylation sites is 1. The second-order valence-electron chi connectivity index (χ2n) is 5.61.